The molecule has 30 heavy (non-hydrogen) atoms. The van der Waals surface area contributed by atoms with Gasteiger partial charge in [0.05, 0.1) is 23.5 Å². The van der Waals surface area contributed by atoms with Gasteiger partial charge in [0.15, 0.2) is 23.3 Å². The molecule has 2 N–H and O–H groups in total. The lowest BCUT2D eigenvalue weighted by molar-refractivity contribution is -0.115. The number of aryl methyl sites for hydroxylation is 1. The number of anilines is 1. The summed E-state index contributed by atoms with van der Waals surface area (Å²) in [5.41, 5.74) is -0.218. The van der Waals surface area contributed by atoms with Gasteiger partial charge in [-0.1, -0.05) is 17.3 Å². The molecule has 0 bridgehead atoms. The largest absolute Gasteiger partial charge is 0.343 e. The lowest BCUT2D eigenvalue weighted by atomic mass is 10.2. The van der Waals surface area contributed by atoms with Crippen molar-refractivity contribution in [2.24, 2.45) is 0 Å². The molecule has 0 atom stereocenters. The summed E-state index contributed by atoms with van der Waals surface area (Å²) in [7, 11) is 0. The van der Waals surface area contributed by atoms with Gasteiger partial charge in [-0.3, -0.25) is 9.59 Å². The van der Waals surface area contributed by atoms with Crippen molar-refractivity contribution in [2.45, 2.75) is 17.6 Å². The molecule has 2 aromatic carbocycles. The third kappa shape index (κ3) is 5.17. The van der Waals surface area contributed by atoms with E-state index in [0.717, 1.165) is 6.07 Å². The van der Waals surface area contributed by atoms with Crippen LogP contribution in [0.25, 0.3) is 0 Å². The number of nitrogens with one attached hydrogen (secondary N) is 2. The van der Waals surface area contributed by atoms with E-state index in [1.165, 1.54) is 11.8 Å². The van der Waals surface area contributed by atoms with Crippen LogP contribution in [0.3, 0.4) is 0 Å². The van der Waals surface area contributed by atoms with Crippen molar-refractivity contribution in [3.8, 4) is 0 Å². The molecule has 1 aromatic heterocycles. The number of carbonyl (C=O) groups excluding carboxylic acids is 2. The Labute approximate surface area is 173 Å². The summed E-state index contributed by atoms with van der Waals surface area (Å²) in [6.07, 6.45) is 0. The molecule has 0 radical (unpaired) electrons. The lowest BCUT2D eigenvalue weighted by Crippen LogP contribution is -2.33. The predicted molar refractivity (Wildman–Crippen MR) is 102 cm³/mol. The van der Waals surface area contributed by atoms with Crippen LogP contribution in [0.4, 0.5) is 18.9 Å². The zero-order valence-electron chi connectivity index (χ0n) is 15.5. The van der Waals surface area contributed by atoms with Crippen molar-refractivity contribution in [3.05, 3.63) is 71.1 Å². The first-order valence-corrected chi connectivity index (χ1v) is 9.56. The molecular weight excluding hydrogens is 421 g/mol. The predicted octanol–water partition coefficient (Wildman–Crippen LogP) is 3.46. The van der Waals surface area contributed by atoms with E-state index in [1.807, 2.05) is 0 Å². The SMILES string of the molecule is Cc1noc(CSc2ccccc2C(=O)NCC(=O)Nc2ccc(F)c(F)c2F)n1. The Morgan fingerprint density at radius 2 is 1.87 bits per heavy atom. The minimum atomic E-state index is -1.70. The molecule has 1 heterocycles. The zero-order chi connectivity index (χ0) is 21.7. The first-order chi connectivity index (χ1) is 14.3. The molecule has 2 amide bonds. The molecule has 0 spiro atoms. The summed E-state index contributed by atoms with van der Waals surface area (Å²) in [6.45, 7) is 1.19. The number of hydrogen-bond acceptors (Lipinski definition) is 6. The van der Waals surface area contributed by atoms with E-state index in [4.69, 9.17) is 4.52 Å². The first-order valence-electron chi connectivity index (χ1n) is 8.57. The molecule has 7 nitrogen and oxygen atoms in total. The van der Waals surface area contributed by atoms with Gasteiger partial charge in [0.1, 0.15) is 0 Å². The lowest BCUT2D eigenvalue weighted by Gasteiger charge is -2.10. The first kappa shape index (κ1) is 21.4. The Balaban J connectivity index is 1.59. The molecule has 0 saturated heterocycles. The van der Waals surface area contributed by atoms with Gasteiger partial charge in [-0.15, -0.1) is 11.8 Å². The van der Waals surface area contributed by atoms with Gasteiger partial charge in [-0.05, 0) is 31.2 Å². The molecule has 156 valence electrons. The topological polar surface area (TPSA) is 97.1 Å². The van der Waals surface area contributed by atoms with Crippen molar-refractivity contribution < 1.29 is 27.3 Å². The number of aromatic nitrogens is 2. The standard InChI is InChI=1S/C19H15F3N4O3S/c1-10-24-16(29-26-10)9-30-14-5-3-2-4-11(14)19(28)23-8-15(27)25-13-7-6-12(20)17(21)18(13)22/h2-7H,8-9H2,1H3,(H,23,28)(H,25,27). The van der Waals surface area contributed by atoms with Crippen LogP contribution in [-0.4, -0.2) is 28.5 Å². The highest BCUT2D eigenvalue weighted by molar-refractivity contribution is 7.98. The Bertz CT molecular complexity index is 1090. The van der Waals surface area contributed by atoms with Gasteiger partial charge >= 0.3 is 0 Å². The fraction of sp³-hybridized carbons (Fsp3) is 0.158. The summed E-state index contributed by atoms with van der Waals surface area (Å²) in [6, 6.07) is 8.27. The summed E-state index contributed by atoms with van der Waals surface area (Å²) < 4.78 is 44.8. The molecule has 0 aliphatic rings. The fourth-order valence-corrected chi connectivity index (χ4v) is 3.28. The minimum absolute atomic E-state index is 0.311. The monoisotopic (exact) mass is 436 g/mol. The molecule has 0 aliphatic carbocycles. The number of carbonyl (C=O) groups is 2. The van der Waals surface area contributed by atoms with E-state index in [2.05, 4.69) is 20.8 Å². The third-order valence-electron chi connectivity index (χ3n) is 3.77. The minimum Gasteiger partial charge on any atom is -0.343 e. The maximum absolute atomic E-state index is 13.6. The second-order valence-corrected chi connectivity index (χ2v) is 6.99. The van der Waals surface area contributed by atoms with Crippen molar-refractivity contribution in [1.82, 2.24) is 15.5 Å². The summed E-state index contributed by atoms with van der Waals surface area (Å²) in [5, 5.41) is 8.17. The number of benzene rings is 2. The number of rotatable bonds is 7. The molecule has 0 aliphatic heterocycles. The summed E-state index contributed by atoms with van der Waals surface area (Å²) in [4.78, 5) is 29.1. The number of nitrogens with zero attached hydrogens (tertiary/aromatic N) is 2. The third-order valence-corrected chi connectivity index (χ3v) is 4.83. The molecule has 0 unspecified atom stereocenters. The van der Waals surface area contributed by atoms with Crippen LogP contribution in [0.1, 0.15) is 22.1 Å². The summed E-state index contributed by atoms with van der Waals surface area (Å²) >= 11 is 1.30. The highest BCUT2D eigenvalue weighted by Crippen LogP contribution is 2.26. The number of halogens is 3. The van der Waals surface area contributed by atoms with E-state index in [-0.39, 0.29) is 0 Å². The van der Waals surface area contributed by atoms with Crippen LogP contribution in [-0.2, 0) is 10.5 Å². The fourth-order valence-electron chi connectivity index (χ4n) is 2.39. The van der Waals surface area contributed by atoms with E-state index in [1.54, 1.807) is 31.2 Å². The molecular formula is C19H15F3N4O3S. The molecule has 3 aromatic rings. The van der Waals surface area contributed by atoms with Crippen molar-refractivity contribution in [1.29, 1.82) is 0 Å². The summed E-state index contributed by atoms with van der Waals surface area (Å²) in [5.74, 6) is -4.68. The maximum atomic E-state index is 13.6. The van der Waals surface area contributed by atoms with Crippen LogP contribution in [0, 0.1) is 24.4 Å². The van der Waals surface area contributed by atoms with E-state index >= 15 is 0 Å². The van der Waals surface area contributed by atoms with Crippen molar-refractivity contribution in [2.75, 3.05) is 11.9 Å². The van der Waals surface area contributed by atoms with Crippen molar-refractivity contribution in [3.63, 3.8) is 0 Å². The van der Waals surface area contributed by atoms with Gasteiger partial charge in [0.2, 0.25) is 11.8 Å². The number of thioether (sulfide) groups is 1. The smallest absolute Gasteiger partial charge is 0.252 e. The van der Waals surface area contributed by atoms with Gasteiger partial charge < -0.3 is 15.2 Å². The Kier molecular flexibility index (Phi) is 6.72. The van der Waals surface area contributed by atoms with Gasteiger partial charge in [0, 0.05) is 4.90 Å². The molecule has 11 heteroatoms. The molecule has 3 rings (SSSR count). The average molecular weight is 436 g/mol. The number of hydrogen-bond donors (Lipinski definition) is 2. The van der Waals surface area contributed by atoms with Crippen LogP contribution in [0.2, 0.25) is 0 Å². The van der Waals surface area contributed by atoms with E-state index in [9.17, 15) is 22.8 Å². The second-order valence-electron chi connectivity index (χ2n) is 5.97. The van der Waals surface area contributed by atoms with E-state index in [0.29, 0.717) is 34.0 Å². The zero-order valence-corrected chi connectivity index (χ0v) is 16.4. The van der Waals surface area contributed by atoms with Crippen molar-refractivity contribution >= 4 is 29.3 Å². The Hall–Kier alpha value is -3.34. The average Bonchev–Trinajstić information content (AvgIpc) is 3.16. The Morgan fingerprint density at radius 3 is 2.60 bits per heavy atom. The van der Waals surface area contributed by atoms with Crippen LogP contribution in [0.5, 0.6) is 0 Å². The quantitative estimate of drug-likeness (QED) is 0.435. The molecule has 0 fully saturated rings. The van der Waals surface area contributed by atoms with Crippen LogP contribution >= 0.6 is 11.8 Å². The van der Waals surface area contributed by atoms with E-state index < -0.39 is 41.5 Å². The second kappa shape index (κ2) is 9.44. The normalized spacial score (nSPS) is 10.7. The van der Waals surface area contributed by atoms with Gasteiger partial charge in [0.25, 0.3) is 5.91 Å². The van der Waals surface area contributed by atoms with Crippen LogP contribution in [0.15, 0.2) is 45.8 Å². The maximum Gasteiger partial charge on any atom is 0.252 e. The van der Waals surface area contributed by atoms with Gasteiger partial charge in [-0.2, -0.15) is 4.98 Å². The highest BCUT2D eigenvalue weighted by Gasteiger charge is 2.17. The highest BCUT2D eigenvalue weighted by atomic mass is 32.2. The number of amides is 2. The molecule has 0 saturated carbocycles. The van der Waals surface area contributed by atoms with Gasteiger partial charge in [-0.25, -0.2) is 13.2 Å². The Morgan fingerprint density at radius 1 is 1.10 bits per heavy atom. The van der Waals surface area contributed by atoms with Crippen LogP contribution < -0.4 is 10.6 Å².